The van der Waals surface area contributed by atoms with Crippen molar-refractivity contribution in [1.82, 2.24) is 16.1 Å². The average Bonchev–Trinajstić information content (AvgIpc) is 2.52. The van der Waals surface area contributed by atoms with E-state index in [9.17, 15) is 14.4 Å². The minimum atomic E-state index is -0.754. The molecule has 0 fully saturated rings. The molecule has 4 N–H and O–H groups in total. The predicted octanol–water partition coefficient (Wildman–Crippen LogP) is 1.62. The van der Waals surface area contributed by atoms with Gasteiger partial charge in [0.1, 0.15) is 6.04 Å². The van der Waals surface area contributed by atoms with Gasteiger partial charge in [-0.1, -0.05) is 40.7 Å². The molecule has 0 spiro atoms. The van der Waals surface area contributed by atoms with Crippen molar-refractivity contribution in [1.29, 1.82) is 0 Å². The third-order valence-electron chi connectivity index (χ3n) is 4.08. The van der Waals surface area contributed by atoms with Crippen LogP contribution in [0.4, 0.5) is 0 Å². The summed E-state index contributed by atoms with van der Waals surface area (Å²) in [4.78, 5) is 37.1. The van der Waals surface area contributed by atoms with Crippen LogP contribution in [-0.4, -0.2) is 36.0 Å². The number of rotatable bonds is 9. The van der Waals surface area contributed by atoms with Gasteiger partial charge in [0.05, 0.1) is 11.8 Å². The summed E-state index contributed by atoms with van der Waals surface area (Å²) in [5, 5.41) is 14.3. The van der Waals surface area contributed by atoms with Crippen LogP contribution < -0.4 is 16.1 Å². The van der Waals surface area contributed by atoms with E-state index in [1.165, 1.54) is 7.05 Å². The molecule has 1 unspecified atom stereocenters. The highest BCUT2D eigenvalue weighted by Gasteiger charge is 2.38. The number of hydrogen-bond acceptors (Lipinski definition) is 4. The van der Waals surface area contributed by atoms with E-state index in [-0.39, 0.29) is 24.2 Å². The molecule has 7 heteroatoms. The fraction of sp³-hybridized carbons (Fsp3) is 0.722. The number of hydroxylamine groups is 1. The summed E-state index contributed by atoms with van der Waals surface area (Å²) >= 11 is 0. The smallest absolute Gasteiger partial charge is 0.247 e. The third kappa shape index (κ3) is 7.25. The Morgan fingerprint density at radius 2 is 1.64 bits per heavy atom. The second-order valence-corrected chi connectivity index (χ2v) is 7.76. The molecule has 25 heavy (non-hydrogen) atoms. The van der Waals surface area contributed by atoms with Gasteiger partial charge in [0, 0.05) is 7.05 Å². The Morgan fingerprint density at radius 1 is 1.08 bits per heavy atom. The lowest BCUT2D eigenvalue weighted by Gasteiger charge is -2.33. The Kier molecular flexibility index (Phi) is 9.41. The number of amides is 3. The van der Waals surface area contributed by atoms with Crippen LogP contribution in [0.1, 0.15) is 47.5 Å². The van der Waals surface area contributed by atoms with Gasteiger partial charge in [-0.25, -0.2) is 5.48 Å². The van der Waals surface area contributed by atoms with Crippen LogP contribution in [0.2, 0.25) is 0 Å². The molecule has 0 aliphatic heterocycles. The fourth-order valence-corrected chi connectivity index (χ4v) is 2.75. The molecular weight excluding hydrogens is 322 g/mol. The number of likely N-dealkylation sites (N-methyl/N-ethyl adjacent to an activating group) is 1. The first-order valence-electron chi connectivity index (χ1n) is 8.56. The van der Waals surface area contributed by atoms with Gasteiger partial charge in [-0.2, -0.15) is 0 Å². The Bertz CT molecular complexity index is 483. The molecule has 0 aliphatic carbocycles. The van der Waals surface area contributed by atoms with Gasteiger partial charge in [-0.3, -0.25) is 19.6 Å². The molecule has 0 rings (SSSR count). The first kappa shape index (κ1) is 23.1. The highest BCUT2D eigenvalue weighted by Crippen LogP contribution is 2.26. The molecule has 0 aromatic heterocycles. The number of carbonyl (C=O) groups excluding carboxylic acids is 3. The van der Waals surface area contributed by atoms with Crippen molar-refractivity contribution in [2.45, 2.75) is 53.5 Å². The van der Waals surface area contributed by atoms with Crippen LogP contribution in [0.5, 0.6) is 0 Å². The molecule has 7 nitrogen and oxygen atoms in total. The van der Waals surface area contributed by atoms with Crippen molar-refractivity contribution < 1.29 is 19.6 Å². The van der Waals surface area contributed by atoms with Crippen LogP contribution in [0.25, 0.3) is 0 Å². The topological polar surface area (TPSA) is 108 Å². The summed E-state index contributed by atoms with van der Waals surface area (Å²) in [5.74, 6) is -2.59. The molecule has 0 saturated carbocycles. The van der Waals surface area contributed by atoms with Crippen LogP contribution >= 0.6 is 0 Å². The van der Waals surface area contributed by atoms with E-state index in [1.54, 1.807) is 11.6 Å². The predicted molar refractivity (Wildman–Crippen MR) is 96.6 cm³/mol. The average molecular weight is 355 g/mol. The molecule has 0 aromatic carbocycles. The summed E-state index contributed by atoms with van der Waals surface area (Å²) in [6.45, 7) is 13.1. The quantitative estimate of drug-likeness (QED) is 0.286. The van der Waals surface area contributed by atoms with Crippen molar-refractivity contribution in [3.05, 3.63) is 12.7 Å². The monoisotopic (exact) mass is 355 g/mol. The molecular formula is C18H33N3O4. The lowest BCUT2D eigenvalue weighted by Crippen LogP contribution is -2.55. The van der Waals surface area contributed by atoms with Crippen molar-refractivity contribution in [2.75, 3.05) is 7.05 Å². The van der Waals surface area contributed by atoms with E-state index in [0.29, 0.717) is 6.42 Å². The van der Waals surface area contributed by atoms with E-state index in [4.69, 9.17) is 5.21 Å². The van der Waals surface area contributed by atoms with Crippen LogP contribution in [0.15, 0.2) is 12.7 Å². The minimum Gasteiger partial charge on any atom is -0.357 e. The summed E-state index contributed by atoms with van der Waals surface area (Å²) < 4.78 is 0. The SMILES string of the molecule is C=CC[C@H](C(=O)NO)[C@@H](CC(C)C)C(=O)NC(C(=O)NC)C(C)(C)C. The van der Waals surface area contributed by atoms with Crippen LogP contribution in [-0.2, 0) is 14.4 Å². The molecule has 0 heterocycles. The first-order valence-corrected chi connectivity index (χ1v) is 8.56. The minimum absolute atomic E-state index is 0.155. The largest absolute Gasteiger partial charge is 0.357 e. The molecule has 0 radical (unpaired) electrons. The van der Waals surface area contributed by atoms with Crippen molar-refractivity contribution >= 4 is 17.7 Å². The molecule has 3 atom stereocenters. The number of nitrogens with one attached hydrogen (secondary N) is 3. The van der Waals surface area contributed by atoms with Crippen molar-refractivity contribution in [3.8, 4) is 0 Å². The van der Waals surface area contributed by atoms with E-state index in [2.05, 4.69) is 17.2 Å². The Balaban J connectivity index is 5.63. The summed E-state index contributed by atoms with van der Waals surface area (Å²) in [7, 11) is 1.51. The standard InChI is InChI=1S/C18H33N3O4/c1-8-9-12(16(23)21-25)13(10-11(2)3)15(22)20-14(17(24)19-7)18(4,5)6/h8,11-14,25H,1,9-10H2,2-7H3,(H,19,24)(H,20,22)(H,21,23)/t12-,13+,14?/m0/s1. The lowest BCUT2D eigenvalue weighted by molar-refractivity contribution is -0.142. The lowest BCUT2D eigenvalue weighted by atomic mass is 9.80. The second kappa shape index (κ2) is 10.2. The molecule has 0 aliphatic rings. The molecule has 144 valence electrons. The first-order chi connectivity index (χ1) is 11.5. The van der Waals surface area contributed by atoms with E-state index in [0.717, 1.165) is 0 Å². The van der Waals surface area contributed by atoms with Gasteiger partial charge in [-0.05, 0) is 24.2 Å². The van der Waals surface area contributed by atoms with E-state index >= 15 is 0 Å². The maximum Gasteiger partial charge on any atom is 0.247 e. The van der Waals surface area contributed by atoms with Gasteiger partial charge in [0.15, 0.2) is 0 Å². The molecule has 3 amide bonds. The number of allylic oxidation sites excluding steroid dienone is 1. The fourth-order valence-electron chi connectivity index (χ4n) is 2.75. The second-order valence-electron chi connectivity index (χ2n) is 7.76. The van der Waals surface area contributed by atoms with Gasteiger partial charge >= 0.3 is 0 Å². The van der Waals surface area contributed by atoms with Crippen molar-refractivity contribution in [3.63, 3.8) is 0 Å². The maximum atomic E-state index is 12.9. The van der Waals surface area contributed by atoms with Crippen LogP contribution in [0, 0.1) is 23.2 Å². The number of hydrogen-bond donors (Lipinski definition) is 4. The molecule has 0 aromatic rings. The summed E-state index contributed by atoms with van der Waals surface area (Å²) in [6, 6.07) is -0.735. The normalized spacial score (nSPS) is 15.0. The molecule has 0 bridgehead atoms. The summed E-state index contributed by atoms with van der Waals surface area (Å²) in [6.07, 6.45) is 2.24. The zero-order chi connectivity index (χ0) is 19.8. The van der Waals surface area contributed by atoms with Crippen LogP contribution in [0.3, 0.4) is 0 Å². The van der Waals surface area contributed by atoms with Gasteiger partial charge in [0.2, 0.25) is 17.7 Å². The number of carbonyl (C=O) groups is 3. The highest BCUT2D eigenvalue weighted by atomic mass is 16.5. The van der Waals surface area contributed by atoms with Gasteiger partial charge < -0.3 is 10.6 Å². The van der Waals surface area contributed by atoms with Gasteiger partial charge in [-0.15, -0.1) is 6.58 Å². The Hall–Kier alpha value is -1.89. The molecule has 0 saturated heterocycles. The van der Waals surface area contributed by atoms with E-state index < -0.39 is 29.2 Å². The zero-order valence-corrected chi connectivity index (χ0v) is 16.2. The maximum absolute atomic E-state index is 12.9. The summed E-state index contributed by atoms with van der Waals surface area (Å²) in [5.41, 5.74) is 1.14. The Morgan fingerprint density at radius 3 is 2.00 bits per heavy atom. The van der Waals surface area contributed by atoms with E-state index in [1.807, 2.05) is 34.6 Å². The Labute approximate surface area is 150 Å². The zero-order valence-electron chi connectivity index (χ0n) is 16.2. The third-order valence-corrected chi connectivity index (χ3v) is 4.08. The van der Waals surface area contributed by atoms with Gasteiger partial charge in [0.25, 0.3) is 0 Å². The highest BCUT2D eigenvalue weighted by molar-refractivity contribution is 5.91. The van der Waals surface area contributed by atoms with Crippen molar-refractivity contribution in [2.24, 2.45) is 23.2 Å².